The highest BCUT2D eigenvalue weighted by atomic mass is 32.2. The fourth-order valence-electron chi connectivity index (χ4n) is 2.56. The number of nitrogens with one attached hydrogen (secondary N) is 1. The Kier molecular flexibility index (Phi) is 4.09. The van der Waals surface area contributed by atoms with Crippen LogP contribution in [0.4, 0.5) is 0 Å². The Labute approximate surface area is 138 Å². The van der Waals surface area contributed by atoms with Crippen LogP contribution in [0.15, 0.2) is 36.0 Å². The van der Waals surface area contributed by atoms with Gasteiger partial charge < -0.3 is 5.32 Å². The summed E-state index contributed by atoms with van der Waals surface area (Å²) in [6.07, 6.45) is 0. The molecule has 0 saturated heterocycles. The number of carbonyl (C=O) groups excluding carboxylic acids is 1. The van der Waals surface area contributed by atoms with Crippen molar-refractivity contribution in [2.45, 2.75) is 52.6 Å². The molecule has 1 heterocycles. The minimum atomic E-state index is -3.91. The molecular weight excluding hydrogens is 312 g/mol. The van der Waals surface area contributed by atoms with Crippen molar-refractivity contribution in [2.24, 2.45) is 0 Å². The Balaban J connectivity index is 2.74. The van der Waals surface area contributed by atoms with Crippen molar-refractivity contribution < 1.29 is 13.2 Å². The molecule has 0 radical (unpaired) electrons. The predicted octanol–water partition coefficient (Wildman–Crippen LogP) is 2.71. The van der Waals surface area contributed by atoms with Gasteiger partial charge in [0, 0.05) is 5.54 Å². The Bertz CT molecular complexity index is 751. The fraction of sp³-hybridized carbons (Fsp3) is 0.471. The summed E-state index contributed by atoms with van der Waals surface area (Å²) >= 11 is 0. The summed E-state index contributed by atoms with van der Waals surface area (Å²) in [4.78, 5) is 12.9. The van der Waals surface area contributed by atoms with E-state index in [0.29, 0.717) is 5.56 Å². The predicted molar refractivity (Wildman–Crippen MR) is 91.8 cm³/mol. The molecule has 23 heavy (non-hydrogen) atoms. The van der Waals surface area contributed by atoms with E-state index in [2.05, 4.69) is 5.32 Å². The summed E-state index contributed by atoms with van der Waals surface area (Å²) in [6.45, 7) is 10.8. The summed E-state index contributed by atoms with van der Waals surface area (Å²) in [6, 6.07) is 8.74. The molecule has 0 saturated carbocycles. The van der Waals surface area contributed by atoms with Gasteiger partial charge in [0.1, 0.15) is 10.6 Å². The number of rotatable bonds is 2. The number of hydrogen-bond donors (Lipinski definition) is 1. The largest absolute Gasteiger partial charge is 0.375 e. The lowest BCUT2D eigenvalue weighted by Gasteiger charge is -2.31. The smallest absolute Gasteiger partial charge is 0.285 e. The lowest BCUT2D eigenvalue weighted by atomic mass is 10.1. The number of sulfonamides is 1. The zero-order valence-electron chi connectivity index (χ0n) is 14.5. The van der Waals surface area contributed by atoms with E-state index < -0.39 is 27.0 Å². The highest BCUT2D eigenvalue weighted by Gasteiger charge is 2.49. The number of hydrogen-bond acceptors (Lipinski definition) is 4. The Morgan fingerprint density at radius 3 is 1.91 bits per heavy atom. The molecule has 1 aromatic carbocycles. The molecule has 1 aliphatic rings. The lowest BCUT2D eigenvalue weighted by molar-refractivity contribution is -0.125. The molecule has 0 fully saturated rings. The Morgan fingerprint density at radius 1 is 0.957 bits per heavy atom. The van der Waals surface area contributed by atoms with E-state index in [9.17, 15) is 13.2 Å². The van der Waals surface area contributed by atoms with Crippen LogP contribution in [0, 0.1) is 0 Å². The molecule has 1 amide bonds. The topological polar surface area (TPSA) is 66.5 Å². The highest BCUT2D eigenvalue weighted by Crippen LogP contribution is 2.39. The molecule has 2 rings (SSSR count). The molecule has 0 bridgehead atoms. The van der Waals surface area contributed by atoms with Crippen LogP contribution in [0.2, 0.25) is 0 Å². The third-order valence-electron chi connectivity index (χ3n) is 3.27. The van der Waals surface area contributed by atoms with Gasteiger partial charge in [-0.05, 0) is 47.1 Å². The summed E-state index contributed by atoms with van der Waals surface area (Å²) < 4.78 is 27.1. The first-order chi connectivity index (χ1) is 10.4. The second-order valence-corrected chi connectivity index (χ2v) is 9.41. The standard InChI is InChI=1S/C17H24N2O3S/c1-16(2,3)18-13-14(12-10-8-7-9-11-12)23(21,22)19(15(13)20)17(4,5)6/h7-11,18H,1-6H3. The molecule has 0 aromatic heterocycles. The van der Waals surface area contributed by atoms with E-state index in [1.165, 1.54) is 0 Å². The maximum absolute atomic E-state index is 13.1. The molecule has 0 atom stereocenters. The molecule has 0 aliphatic carbocycles. The maximum atomic E-state index is 13.1. The van der Waals surface area contributed by atoms with Gasteiger partial charge in [0.2, 0.25) is 0 Å². The van der Waals surface area contributed by atoms with Crippen LogP contribution < -0.4 is 5.32 Å². The van der Waals surface area contributed by atoms with Gasteiger partial charge in [-0.2, -0.15) is 0 Å². The Morgan fingerprint density at radius 2 is 1.48 bits per heavy atom. The van der Waals surface area contributed by atoms with Gasteiger partial charge in [0.25, 0.3) is 15.9 Å². The second-order valence-electron chi connectivity index (χ2n) is 7.69. The van der Waals surface area contributed by atoms with Crippen LogP contribution in [-0.4, -0.2) is 29.7 Å². The molecule has 5 nitrogen and oxygen atoms in total. The average Bonchev–Trinajstić information content (AvgIpc) is 2.54. The molecular formula is C17H24N2O3S. The van der Waals surface area contributed by atoms with Crippen LogP contribution in [0.5, 0.6) is 0 Å². The zero-order valence-corrected chi connectivity index (χ0v) is 15.3. The van der Waals surface area contributed by atoms with Gasteiger partial charge in [-0.3, -0.25) is 4.79 Å². The summed E-state index contributed by atoms with van der Waals surface area (Å²) in [5, 5.41) is 3.08. The van der Waals surface area contributed by atoms with Gasteiger partial charge in [-0.1, -0.05) is 30.3 Å². The highest BCUT2D eigenvalue weighted by molar-refractivity contribution is 7.99. The van der Waals surface area contributed by atoms with E-state index >= 15 is 0 Å². The van der Waals surface area contributed by atoms with E-state index in [0.717, 1.165) is 4.31 Å². The van der Waals surface area contributed by atoms with Crippen molar-refractivity contribution in [1.29, 1.82) is 0 Å². The van der Waals surface area contributed by atoms with Crippen LogP contribution in [0.25, 0.3) is 4.91 Å². The van der Waals surface area contributed by atoms with Crippen LogP contribution in [0.1, 0.15) is 47.1 Å². The summed E-state index contributed by atoms with van der Waals surface area (Å²) in [5.74, 6) is -0.508. The minimum Gasteiger partial charge on any atom is -0.375 e. The summed E-state index contributed by atoms with van der Waals surface area (Å²) in [5.41, 5.74) is -0.621. The molecule has 1 aliphatic heterocycles. The van der Waals surface area contributed by atoms with Gasteiger partial charge in [-0.25, -0.2) is 12.7 Å². The molecule has 0 spiro atoms. The number of carbonyl (C=O) groups is 1. The number of amides is 1. The van der Waals surface area contributed by atoms with E-state index in [-0.39, 0.29) is 10.6 Å². The van der Waals surface area contributed by atoms with E-state index in [1.54, 1.807) is 45.0 Å². The van der Waals surface area contributed by atoms with Crippen molar-refractivity contribution >= 4 is 20.8 Å². The Hall–Kier alpha value is -1.82. The molecule has 126 valence electrons. The van der Waals surface area contributed by atoms with Crippen LogP contribution in [-0.2, 0) is 14.8 Å². The SMILES string of the molecule is CC(C)(C)NC1=C(c2ccccc2)S(=O)(=O)N(C(C)(C)C)C1=O. The number of benzene rings is 1. The number of nitrogens with zero attached hydrogens (tertiary/aromatic N) is 1. The molecule has 0 unspecified atom stereocenters. The molecule has 1 N–H and O–H groups in total. The second kappa shape index (κ2) is 5.37. The first kappa shape index (κ1) is 17.5. The van der Waals surface area contributed by atoms with Gasteiger partial charge in [0.15, 0.2) is 0 Å². The van der Waals surface area contributed by atoms with Crippen molar-refractivity contribution in [3.63, 3.8) is 0 Å². The van der Waals surface area contributed by atoms with E-state index in [1.807, 2.05) is 26.8 Å². The first-order valence-corrected chi connectivity index (χ1v) is 8.97. The minimum absolute atomic E-state index is 0.0490. The monoisotopic (exact) mass is 336 g/mol. The maximum Gasteiger partial charge on any atom is 0.285 e. The first-order valence-electron chi connectivity index (χ1n) is 7.53. The van der Waals surface area contributed by atoms with Crippen molar-refractivity contribution in [2.75, 3.05) is 0 Å². The van der Waals surface area contributed by atoms with Crippen LogP contribution in [0.3, 0.4) is 0 Å². The van der Waals surface area contributed by atoms with Crippen molar-refractivity contribution in [3.05, 3.63) is 41.6 Å². The average molecular weight is 336 g/mol. The third kappa shape index (κ3) is 3.27. The van der Waals surface area contributed by atoms with Crippen molar-refractivity contribution in [1.82, 2.24) is 9.62 Å². The zero-order chi connectivity index (χ0) is 17.6. The lowest BCUT2D eigenvalue weighted by Crippen LogP contribution is -2.48. The van der Waals surface area contributed by atoms with Crippen molar-refractivity contribution in [3.8, 4) is 0 Å². The normalized spacial score (nSPS) is 18.5. The van der Waals surface area contributed by atoms with Gasteiger partial charge >= 0.3 is 0 Å². The third-order valence-corrected chi connectivity index (χ3v) is 5.42. The van der Waals surface area contributed by atoms with Gasteiger partial charge in [0.05, 0.1) is 5.54 Å². The van der Waals surface area contributed by atoms with E-state index in [4.69, 9.17) is 0 Å². The molecule has 1 aromatic rings. The quantitative estimate of drug-likeness (QED) is 0.902. The van der Waals surface area contributed by atoms with Crippen LogP contribution >= 0.6 is 0 Å². The molecule has 6 heteroatoms. The van der Waals surface area contributed by atoms with Gasteiger partial charge in [-0.15, -0.1) is 0 Å². The fourth-order valence-corrected chi connectivity index (χ4v) is 4.60. The summed E-state index contributed by atoms with van der Waals surface area (Å²) in [7, 11) is -3.91.